The van der Waals surface area contributed by atoms with Crippen molar-refractivity contribution in [3.63, 3.8) is 0 Å². The van der Waals surface area contributed by atoms with E-state index in [9.17, 15) is 5.11 Å². The zero-order valence-corrected chi connectivity index (χ0v) is 10.1. The fraction of sp³-hybridized carbons (Fsp3) is 0.500. The maximum atomic E-state index is 9.77. The van der Waals surface area contributed by atoms with Crippen LogP contribution in [0.1, 0.15) is 11.8 Å². The second-order valence-corrected chi connectivity index (χ2v) is 5.10. The molecule has 3 rings (SSSR count). The molecule has 0 bridgehead atoms. The van der Waals surface area contributed by atoms with Gasteiger partial charge in [0.05, 0.1) is 12.0 Å². The normalized spacial score (nSPS) is 24.4. The van der Waals surface area contributed by atoms with Gasteiger partial charge in [-0.25, -0.2) is 4.98 Å². The van der Waals surface area contributed by atoms with Gasteiger partial charge < -0.3 is 14.2 Å². The Morgan fingerprint density at radius 3 is 3.06 bits per heavy atom. The molecule has 2 aromatic heterocycles. The van der Waals surface area contributed by atoms with Gasteiger partial charge in [-0.3, -0.25) is 0 Å². The fourth-order valence-electron chi connectivity index (χ4n) is 1.84. The van der Waals surface area contributed by atoms with Gasteiger partial charge in [-0.2, -0.15) is 16.7 Å². The molecule has 2 atom stereocenters. The highest BCUT2D eigenvalue weighted by Crippen LogP contribution is 2.32. The minimum absolute atomic E-state index is 0.0541. The Hall–Kier alpha value is -1.34. The molecule has 0 saturated carbocycles. The van der Waals surface area contributed by atoms with Crippen LogP contribution < -0.4 is 0 Å². The molecule has 2 aromatic rings. The van der Waals surface area contributed by atoms with Crippen LogP contribution in [-0.2, 0) is 7.05 Å². The summed E-state index contributed by atoms with van der Waals surface area (Å²) in [6.07, 6.45) is 3.12. The van der Waals surface area contributed by atoms with Crippen molar-refractivity contribution in [2.75, 3.05) is 11.5 Å². The number of aliphatic hydroxyl groups excluding tert-OH is 1. The number of aromatic nitrogens is 4. The van der Waals surface area contributed by atoms with Crippen molar-refractivity contribution in [1.29, 1.82) is 0 Å². The van der Waals surface area contributed by atoms with Crippen LogP contribution in [0.15, 0.2) is 16.9 Å². The third kappa shape index (κ3) is 1.85. The van der Waals surface area contributed by atoms with Crippen LogP contribution in [0.25, 0.3) is 11.6 Å². The van der Waals surface area contributed by atoms with Crippen LogP contribution in [0.2, 0.25) is 0 Å². The van der Waals surface area contributed by atoms with E-state index in [1.807, 2.05) is 17.8 Å². The predicted octanol–water partition coefficient (Wildman–Crippen LogP) is 0.661. The van der Waals surface area contributed by atoms with Gasteiger partial charge in [0, 0.05) is 30.9 Å². The van der Waals surface area contributed by atoms with Crippen molar-refractivity contribution in [2.24, 2.45) is 7.05 Å². The summed E-state index contributed by atoms with van der Waals surface area (Å²) >= 11 is 1.70. The van der Waals surface area contributed by atoms with Crippen LogP contribution in [-0.4, -0.2) is 42.4 Å². The average Bonchev–Trinajstić information content (AvgIpc) is 2.97. The summed E-state index contributed by atoms with van der Waals surface area (Å²) in [6.45, 7) is 0. The van der Waals surface area contributed by atoms with E-state index in [0.29, 0.717) is 17.5 Å². The summed E-state index contributed by atoms with van der Waals surface area (Å²) < 4.78 is 7.04. The summed E-state index contributed by atoms with van der Waals surface area (Å²) in [5.41, 5.74) is 0. The Kier molecular flexibility index (Phi) is 2.64. The third-order valence-corrected chi connectivity index (χ3v) is 4.00. The lowest BCUT2D eigenvalue weighted by Gasteiger charge is -2.06. The van der Waals surface area contributed by atoms with Crippen LogP contribution in [0.3, 0.4) is 0 Å². The predicted molar refractivity (Wildman–Crippen MR) is 62.6 cm³/mol. The first-order valence-corrected chi connectivity index (χ1v) is 6.48. The van der Waals surface area contributed by atoms with Crippen molar-refractivity contribution in [3.8, 4) is 11.6 Å². The third-order valence-electron chi connectivity index (χ3n) is 2.83. The van der Waals surface area contributed by atoms with Crippen molar-refractivity contribution in [3.05, 3.63) is 18.3 Å². The summed E-state index contributed by atoms with van der Waals surface area (Å²) in [4.78, 5) is 8.47. The first-order chi connectivity index (χ1) is 8.25. The first kappa shape index (κ1) is 10.8. The van der Waals surface area contributed by atoms with Crippen LogP contribution in [0.4, 0.5) is 0 Å². The van der Waals surface area contributed by atoms with Gasteiger partial charge in [-0.05, 0) is 0 Å². The monoisotopic (exact) mass is 252 g/mol. The Balaban J connectivity index is 1.90. The summed E-state index contributed by atoms with van der Waals surface area (Å²) in [6, 6.07) is 0. The number of thioether (sulfide) groups is 1. The van der Waals surface area contributed by atoms with Gasteiger partial charge in [-0.1, -0.05) is 5.16 Å². The Morgan fingerprint density at radius 1 is 1.53 bits per heavy atom. The van der Waals surface area contributed by atoms with Crippen molar-refractivity contribution >= 4 is 11.8 Å². The van der Waals surface area contributed by atoms with Gasteiger partial charge in [0.2, 0.25) is 11.7 Å². The molecule has 1 N–H and O–H groups in total. The summed E-state index contributed by atoms with van der Waals surface area (Å²) in [7, 11) is 1.87. The highest BCUT2D eigenvalue weighted by molar-refractivity contribution is 7.99. The number of hydrogen-bond donors (Lipinski definition) is 1. The van der Waals surface area contributed by atoms with Gasteiger partial charge in [-0.15, -0.1) is 0 Å². The number of imidazole rings is 1. The maximum Gasteiger partial charge on any atom is 0.238 e. The molecule has 17 heavy (non-hydrogen) atoms. The molecule has 0 amide bonds. The van der Waals surface area contributed by atoms with E-state index in [2.05, 4.69) is 15.1 Å². The minimum Gasteiger partial charge on any atom is -0.391 e. The maximum absolute atomic E-state index is 9.77. The van der Waals surface area contributed by atoms with E-state index in [1.165, 1.54) is 0 Å². The molecule has 1 aliphatic heterocycles. The molecule has 1 saturated heterocycles. The van der Waals surface area contributed by atoms with Gasteiger partial charge in [0.1, 0.15) is 0 Å². The SMILES string of the molecule is Cn1ccnc1-c1noc(C2CSCC2O)n1. The Bertz CT molecular complexity index is 524. The Labute approximate surface area is 102 Å². The highest BCUT2D eigenvalue weighted by Gasteiger charge is 2.32. The van der Waals surface area contributed by atoms with E-state index >= 15 is 0 Å². The van der Waals surface area contributed by atoms with E-state index in [4.69, 9.17) is 4.52 Å². The largest absolute Gasteiger partial charge is 0.391 e. The lowest BCUT2D eigenvalue weighted by Crippen LogP contribution is -2.15. The molecule has 90 valence electrons. The molecule has 1 aliphatic rings. The van der Waals surface area contributed by atoms with Gasteiger partial charge in [0.25, 0.3) is 0 Å². The molecule has 6 nitrogen and oxygen atoms in total. The Morgan fingerprint density at radius 2 is 2.41 bits per heavy atom. The van der Waals surface area contributed by atoms with Crippen molar-refractivity contribution in [1.82, 2.24) is 19.7 Å². The molecule has 2 unspecified atom stereocenters. The molecule has 0 aromatic carbocycles. The lowest BCUT2D eigenvalue weighted by atomic mass is 10.1. The highest BCUT2D eigenvalue weighted by atomic mass is 32.2. The lowest BCUT2D eigenvalue weighted by molar-refractivity contribution is 0.164. The molecule has 0 radical (unpaired) electrons. The zero-order chi connectivity index (χ0) is 11.8. The first-order valence-electron chi connectivity index (χ1n) is 5.33. The van der Waals surface area contributed by atoms with Crippen LogP contribution in [0, 0.1) is 0 Å². The number of aliphatic hydroxyl groups is 1. The number of rotatable bonds is 2. The van der Waals surface area contributed by atoms with Gasteiger partial charge >= 0.3 is 0 Å². The molecule has 3 heterocycles. The number of hydrogen-bond acceptors (Lipinski definition) is 6. The fourth-order valence-corrected chi connectivity index (χ4v) is 3.07. The minimum atomic E-state index is -0.394. The number of aryl methyl sites for hydroxylation is 1. The van der Waals surface area contributed by atoms with Crippen LogP contribution in [0.5, 0.6) is 0 Å². The average molecular weight is 252 g/mol. The van der Waals surface area contributed by atoms with E-state index < -0.39 is 6.10 Å². The van der Waals surface area contributed by atoms with Crippen LogP contribution >= 0.6 is 11.8 Å². The topological polar surface area (TPSA) is 77.0 Å². The number of nitrogens with zero attached hydrogens (tertiary/aromatic N) is 4. The van der Waals surface area contributed by atoms with E-state index in [-0.39, 0.29) is 5.92 Å². The smallest absolute Gasteiger partial charge is 0.238 e. The second kappa shape index (κ2) is 4.15. The molecule has 7 heteroatoms. The summed E-state index contributed by atoms with van der Waals surface area (Å²) in [5.74, 6) is 3.13. The standard InChI is InChI=1S/C10H12N4O2S/c1-14-3-2-11-9(14)8-12-10(16-13-8)6-4-17-5-7(6)15/h2-3,6-7,15H,4-5H2,1H3. The molecular formula is C10H12N4O2S. The van der Waals surface area contributed by atoms with E-state index in [1.54, 1.807) is 18.0 Å². The molecule has 0 aliphatic carbocycles. The van der Waals surface area contributed by atoms with Gasteiger partial charge in [0.15, 0.2) is 5.82 Å². The quantitative estimate of drug-likeness (QED) is 0.846. The molecular weight excluding hydrogens is 240 g/mol. The van der Waals surface area contributed by atoms with E-state index in [0.717, 1.165) is 11.5 Å². The van der Waals surface area contributed by atoms with Crippen molar-refractivity contribution in [2.45, 2.75) is 12.0 Å². The molecule has 0 spiro atoms. The second-order valence-electron chi connectivity index (χ2n) is 4.03. The summed E-state index contributed by atoms with van der Waals surface area (Å²) in [5, 5.41) is 13.7. The van der Waals surface area contributed by atoms with Crippen molar-refractivity contribution < 1.29 is 9.63 Å². The zero-order valence-electron chi connectivity index (χ0n) is 9.28. The molecule has 1 fully saturated rings.